The zero-order valence-electron chi connectivity index (χ0n) is 13.3. The molecule has 1 N–H and O–H groups in total. The number of aromatic nitrogens is 1. The van der Waals surface area contributed by atoms with Gasteiger partial charge in [0.1, 0.15) is 11.3 Å². The molecule has 6 heteroatoms. The minimum Gasteiger partial charge on any atom is -0.506 e. The minimum atomic E-state index is -0.339. The third kappa shape index (κ3) is 2.66. The first-order valence-corrected chi connectivity index (χ1v) is 9.31. The van der Waals surface area contributed by atoms with E-state index in [2.05, 4.69) is 27.6 Å². The second kappa shape index (κ2) is 6.14. The standard InChI is InChI=1S/C19H14ClIN2O2/c1-10-4-5-14(21)12(7-10)19(25)23-9-13(20)17-11-3-2-6-22-18(11)16(24)8-15(17)23/h2-8,13,24H,9H2,1H3. The summed E-state index contributed by atoms with van der Waals surface area (Å²) in [6, 6.07) is 11.1. The van der Waals surface area contributed by atoms with Gasteiger partial charge in [-0.3, -0.25) is 9.78 Å². The molecule has 2 aromatic carbocycles. The Kier molecular flexibility index (Phi) is 4.08. The van der Waals surface area contributed by atoms with Crippen molar-refractivity contribution >= 4 is 56.7 Å². The second-order valence-corrected chi connectivity index (χ2v) is 7.78. The third-order valence-corrected chi connectivity index (χ3v) is 5.73. The molecule has 0 radical (unpaired) electrons. The van der Waals surface area contributed by atoms with Crippen LogP contribution in [-0.2, 0) is 0 Å². The first-order valence-electron chi connectivity index (χ1n) is 7.80. The molecule has 1 amide bonds. The molecule has 0 saturated carbocycles. The van der Waals surface area contributed by atoms with E-state index < -0.39 is 0 Å². The highest BCUT2D eigenvalue weighted by molar-refractivity contribution is 14.1. The monoisotopic (exact) mass is 464 g/mol. The topological polar surface area (TPSA) is 53.4 Å². The molecule has 25 heavy (non-hydrogen) atoms. The summed E-state index contributed by atoms with van der Waals surface area (Å²) in [5.74, 6) is -0.0583. The Hall–Kier alpha value is -1.86. The van der Waals surface area contributed by atoms with Crippen LogP contribution in [0.15, 0.2) is 42.6 Å². The Bertz CT molecular complexity index is 1020. The molecule has 1 atom stereocenters. The van der Waals surface area contributed by atoms with Crippen LogP contribution in [0, 0.1) is 10.5 Å². The number of amides is 1. The lowest BCUT2D eigenvalue weighted by Gasteiger charge is -2.19. The summed E-state index contributed by atoms with van der Waals surface area (Å²) in [5, 5.41) is 10.8. The minimum absolute atomic E-state index is 0.0526. The molecule has 1 unspecified atom stereocenters. The van der Waals surface area contributed by atoms with Crippen LogP contribution in [0.4, 0.5) is 5.69 Å². The second-order valence-electron chi connectivity index (χ2n) is 6.09. The zero-order chi connectivity index (χ0) is 17.7. The van der Waals surface area contributed by atoms with E-state index in [1.165, 1.54) is 0 Å². The molecule has 0 aliphatic carbocycles. The molecule has 1 aliphatic rings. The summed E-state index contributed by atoms with van der Waals surface area (Å²) >= 11 is 8.73. The van der Waals surface area contributed by atoms with Crippen molar-refractivity contribution in [3.8, 4) is 5.75 Å². The average Bonchev–Trinajstić information content (AvgIpc) is 2.93. The number of aromatic hydroxyl groups is 1. The number of halogens is 2. The van der Waals surface area contributed by atoms with Crippen LogP contribution in [-0.4, -0.2) is 22.5 Å². The van der Waals surface area contributed by atoms with Gasteiger partial charge in [-0.25, -0.2) is 0 Å². The number of hydrogen-bond acceptors (Lipinski definition) is 3. The summed E-state index contributed by atoms with van der Waals surface area (Å²) < 4.78 is 0.888. The lowest BCUT2D eigenvalue weighted by Crippen LogP contribution is -2.30. The molecule has 4 rings (SSSR count). The van der Waals surface area contributed by atoms with Gasteiger partial charge in [-0.15, -0.1) is 11.6 Å². The van der Waals surface area contributed by atoms with Crippen LogP contribution in [0.5, 0.6) is 5.75 Å². The molecule has 0 spiro atoms. The quantitative estimate of drug-likeness (QED) is 0.416. The van der Waals surface area contributed by atoms with Gasteiger partial charge in [-0.2, -0.15) is 0 Å². The Labute approximate surface area is 163 Å². The maximum Gasteiger partial charge on any atom is 0.259 e. The molecule has 0 fully saturated rings. The summed E-state index contributed by atoms with van der Waals surface area (Å²) in [6.45, 7) is 2.33. The van der Waals surface area contributed by atoms with Gasteiger partial charge in [0.25, 0.3) is 5.91 Å². The summed E-state index contributed by atoms with van der Waals surface area (Å²) in [7, 11) is 0. The number of phenols is 1. The van der Waals surface area contributed by atoms with Gasteiger partial charge in [0.2, 0.25) is 0 Å². The number of nitrogens with zero attached hydrogens (tertiary/aromatic N) is 2. The van der Waals surface area contributed by atoms with E-state index in [-0.39, 0.29) is 17.0 Å². The smallest absolute Gasteiger partial charge is 0.259 e. The highest BCUT2D eigenvalue weighted by Gasteiger charge is 2.35. The lowest BCUT2D eigenvalue weighted by molar-refractivity contribution is 0.0988. The number of carbonyl (C=O) groups is 1. The van der Waals surface area contributed by atoms with Crippen LogP contribution < -0.4 is 4.90 Å². The van der Waals surface area contributed by atoms with Gasteiger partial charge < -0.3 is 10.0 Å². The highest BCUT2D eigenvalue weighted by atomic mass is 127. The molecule has 0 bridgehead atoms. The fraction of sp³-hybridized carbons (Fsp3) is 0.158. The molecular formula is C19H14ClIN2O2. The Morgan fingerprint density at radius 1 is 1.36 bits per heavy atom. The number of hydrogen-bond donors (Lipinski definition) is 1. The van der Waals surface area contributed by atoms with E-state index in [0.29, 0.717) is 23.3 Å². The number of carbonyl (C=O) groups excluding carboxylic acids is 1. The zero-order valence-corrected chi connectivity index (χ0v) is 16.2. The van der Waals surface area contributed by atoms with Gasteiger partial charge in [0.05, 0.1) is 16.6 Å². The normalized spacial score (nSPS) is 16.3. The van der Waals surface area contributed by atoms with Crippen molar-refractivity contribution in [1.29, 1.82) is 0 Å². The lowest BCUT2D eigenvalue weighted by atomic mass is 10.0. The van der Waals surface area contributed by atoms with E-state index >= 15 is 0 Å². The van der Waals surface area contributed by atoms with E-state index in [1.807, 2.05) is 31.2 Å². The molecule has 2 heterocycles. The van der Waals surface area contributed by atoms with Crippen LogP contribution in [0.3, 0.4) is 0 Å². The number of pyridine rings is 1. The summed E-state index contributed by atoms with van der Waals surface area (Å²) in [4.78, 5) is 19.0. The van der Waals surface area contributed by atoms with Gasteiger partial charge in [-0.05, 0) is 47.7 Å². The third-order valence-electron chi connectivity index (χ3n) is 4.43. The van der Waals surface area contributed by atoms with Gasteiger partial charge >= 0.3 is 0 Å². The fourth-order valence-electron chi connectivity index (χ4n) is 3.28. The molecule has 0 saturated heterocycles. The molecular weight excluding hydrogens is 451 g/mol. The number of rotatable bonds is 1. The first-order chi connectivity index (χ1) is 12.0. The van der Waals surface area contributed by atoms with Crippen molar-refractivity contribution < 1.29 is 9.90 Å². The van der Waals surface area contributed by atoms with Crippen LogP contribution >= 0.6 is 34.2 Å². The number of phenolic OH excluding ortho intramolecular Hbond substituents is 1. The van der Waals surface area contributed by atoms with Crippen LogP contribution in [0.25, 0.3) is 10.9 Å². The Morgan fingerprint density at radius 2 is 2.16 bits per heavy atom. The first kappa shape index (κ1) is 16.6. The summed E-state index contributed by atoms with van der Waals surface area (Å²) in [5.41, 5.74) is 3.67. The molecule has 126 valence electrons. The number of benzene rings is 2. The Morgan fingerprint density at radius 3 is 2.96 bits per heavy atom. The number of alkyl halides is 1. The highest BCUT2D eigenvalue weighted by Crippen LogP contribution is 2.46. The number of aryl methyl sites for hydroxylation is 1. The summed E-state index contributed by atoms with van der Waals surface area (Å²) in [6.07, 6.45) is 1.63. The van der Waals surface area contributed by atoms with Crippen molar-refractivity contribution in [2.75, 3.05) is 11.4 Å². The maximum absolute atomic E-state index is 13.1. The Balaban J connectivity index is 1.89. The van der Waals surface area contributed by atoms with Crippen molar-refractivity contribution in [3.63, 3.8) is 0 Å². The van der Waals surface area contributed by atoms with Gasteiger partial charge in [0, 0.05) is 33.3 Å². The largest absolute Gasteiger partial charge is 0.506 e. The van der Waals surface area contributed by atoms with Gasteiger partial charge in [-0.1, -0.05) is 17.7 Å². The molecule has 1 aliphatic heterocycles. The van der Waals surface area contributed by atoms with Crippen LogP contribution in [0.1, 0.15) is 26.9 Å². The average molecular weight is 465 g/mol. The van der Waals surface area contributed by atoms with E-state index in [4.69, 9.17) is 11.6 Å². The van der Waals surface area contributed by atoms with Gasteiger partial charge in [0.15, 0.2) is 0 Å². The van der Waals surface area contributed by atoms with Crippen molar-refractivity contribution in [3.05, 3.63) is 62.9 Å². The number of anilines is 1. The SMILES string of the molecule is Cc1ccc(I)c(C(=O)N2CC(Cl)c3c2cc(O)c2ncccc32)c1. The predicted octanol–water partition coefficient (Wildman–Crippen LogP) is 4.79. The predicted molar refractivity (Wildman–Crippen MR) is 108 cm³/mol. The fourth-order valence-corrected chi connectivity index (χ4v) is 4.22. The van der Waals surface area contributed by atoms with E-state index in [9.17, 15) is 9.90 Å². The van der Waals surface area contributed by atoms with Crippen molar-refractivity contribution in [1.82, 2.24) is 4.98 Å². The molecule has 4 nitrogen and oxygen atoms in total. The van der Waals surface area contributed by atoms with Crippen molar-refractivity contribution in [2.45, 2.75) is 12.3 Å². The van der Waals surface area contributed by atoms with E-state index in [0.717, 1.165) is 20.1 Å². The van der Waals surface area contributed by atoms with Crippen molar-refractivity contribution in [2.24, 2.45) is 0 Å². The van der Waals surface area contributed by atoms with E-state index in [1.54, 1.807) is 23.2 Å². The number of fused-ring (bicyclic) bond motifs is 3. The maximum atomic E-state index is 13.1. The molecule has 3 aromatic rings. The molecule has 1 aromatic heterocycles. The van der Waals surface area contributed by atoms with Crippen LogP contribution in [0.2, 0.25) is 0 Å².